The lowest BCUT2D eigenvalue weighted by Crippen LogP contribution is -2.37. The van der Waals surface area contributed by atoms with E-state index in [-0.39, 0.29) is 48.1 Å². The molecule has 1 aliphatic heterocycles. The van der Waals surface area contributed by atoms with E-state index in [1.165, 1.54) is 6.07 Å². The van der Waals surface area contributed by atoms with E-state index in [1.54, 1.807) is 42.7 Å². The summed E-state index contributed by atoms with van der Waals surface area (Å²) < 4.78 is 38.7. The second-order valence-electron chi connectivity index (χ2n) is 7.25. The van der Waals surface area contributed by atoms with Gasteiger partial charge in [-0.1, -0.05) is 12.1 Å². The van der Waals surface area contributed by atoms with E-state index in [4.69, 9.17) is 0 Å². The summed E-state index contributed by atoms with van der Waals surface area (Å²) in [6.07, 6.45) is 0.469. The van der Waals surface area contributed by atoms with E-state index in [1.807, 2.05) is 0 Å². The summed E-state index contributed by atoms with van der Waals surface area (Å²) in [5.41, 5.74) is 2.10. The highest BCUT2D eigenvalue weighted by molar-refractivity contribution is 7.91. The first-order valence-corrected chi connectivity index (χ1v) is 11.2. The minimum atomic E-state index is -3.06. The Balaban J connectivity index is 1.58. The van der Waals surface area contributed by atoms with E-state index >= 15 is 0 Å². The summed E-state index contributed by atoms with van der Waals surface area (Å²) in [7, 11) is -3.06. The summed E-state index contributed by atoms with van der Waals surface area (Å²) in [5, 5.41) is 5.38. The van der Waals surface area contributed by atoms with E-state index in [9.17, 15) is 22.4 Å². The summed E-state index contributed by atoms with van der Waals surface area (Å²) >= 11 is 0. The number of rotatable bonds is 6. The van der Waals surface area contributed by atoms with Crippen molar-refractivity contribution >= 4 is 21.7 Å². The predicted molar refractivity (Wildman–Crippen MR) is 107 cm³/mol. The van der Waals surface area contributed by atoms with Gasteiger partial charge in [-0.3, -0.25) is 9.59 Å². The van der Waals surface area contributed by atoms with Crippen molar-refractivity contribution in [2.75, 3.05) is 18.1 Å². The number of para-hydroxylation sites is 1. The van der Waals surface area contributed by atoms with Gasteiger partial charge >= 0.3 is 0 Å². The maximum atomic E-state index is 14.1. The Hall–Kier alpha value is -2.68. The van der Waals surface area contributed by atoms with Crippen LogP contribution in [0, 0.1) is 19.7 Å². The number of hydrogen-bond acceptors (Lipinski definition) is 4. The minimum absolute atomic E-state index is 0.0346. The highest BCUT2D eigenvalue weighted by atomic mass is 32.2. The number of amides is 2. The molecule has 2 heterocycles. The zero-order chi connectivity index (χ0) is 21.2. The Morgan fingerprint density at radius 2 is 1.97 bits per heavy atom. The summed E-state index contributed by atoms with van der Waals surface area (Å²) in [6, 6.07) is 7.66. The number of nitrogens with one attached hydrogen (secondary N) is 2. The van der Waals surface area contributed by atoms with Gasteiger partial charge in [0.25, 0.3) is 5.91 Å². The van der Waals surface area contributed by atoms with E-state index in [0.717, 1.165) is 5.69 Å². The van der Waals surface area contributed by atoms with Crippen LogP contribution in [0.1, 0.15) is 34.6 Å². The van der Waals surface area contributed by atoms with Gasteiger partial charge in [-0.25, -0.2) is 12.8 Å². The SMILES string of the molecule is Cc1cc(C(=O)NCCC(=O)NC2CCS(=O)(=O)C2)c(C)n1-c1ccccc1F. The normalized spacial score (nSPS) is 17.8. The van der Waals surface area contributed by atoms with Crippen molar-refractivity contribution in [2.24, 2.45) is 0 Å². The molecule has 29 heavy (non-hydrogen) atoms. The van der Waals surface area contributed by atoms with Crippen molar-refractivity contribution < 1.29 is 22.4 Å². The minimum Gasteiger partial charge on any atom is -0.352 e. The Bertz CT molecular complexity index is 1050. The molecule has 7 nitrogen and oxygen atoms in total. The van der Waals surface area contributed by atoms with Gasteiger partial charge in [-0.2, -0.15) is 0 Å². The van der Waals surface area contributed by atoms with Crippen molar-refractivity contribution in [1.82, 2.24) is 15.2 Å². The van der Waals surface area contributed by atoms with Gasteiger partial charge in [0.05, 0.1) is 22.8 Å². The smallest absolute Gasteiger partial charge is 0.253 e. The van der Waals surface area contributed by atoms with Crippen LogP contribution >= 0.6 is 0 Å². The molecule has 1 fully saturated rings. The standard InChI is InChI=1S/C20H24FN3O4S/c1-13-11-16(14(2)24(13)18-6-4-3-5-17(18)21)20(26)22-9-7-19(25)23-15-8-10-29(27,28)12-15/h3-6,11,15H,7-10,12H2,1-2H3,(H,22,26)(H,23,25). The topological polar surface area (TPSA) is 97.3 Å². The third-order valence-corrected chi connectivity index (χ3v) is 6.77. The Kier molecular flexibility index (Phi) is 6.07. The van der Waals surface area contributed by atoms with Crippen LogP contribution in [0.4, 0.5) is 4.39 Å². The molecule has 0 saturated carbocycles. The molecule has 0 bridgehead atoms. The van der Waals surface area contributed by atoms with Crippen LogP contribution in [0.2, 0.25) is 0 Å². The first-order valence-electron chi connectivity index (χ1n) is 9.40. The number of halogens is 1. The van der Waals surface area contributed by atoms with Gasteiger partial charge in [0.1, 0.15) is 5.82 Å². The van der Waals surface area contributed by atoms with Crippen LogP contribution in [0.25, 0.3) is 5.69 Å². The molecule has 0 aliphatic carbocycles. The molecule has 2 amide bonds. The molecule has 1 unspecified atom stereocenters. The Labute approximate surface area is 169 Å². The molecular weight excluding hydrogens is 397 g/mol. The number of aryl methyl sites for hydroxylation is 1. The molecule has 9 heteroatoms. The summed E-state index contributed by atoms with van der Waals surface area (Å²) in [5.74, 6) is -0.979. The summed E-state index contributed by atoms with van der Waals surface area (Å²) in [4.78, 5) is 24.5. The maximum Gasteiger partial charge on any atom is 0.253 e. The first-order chi connectivity index (χ1) is 13.7. The number of hydrogen-bond donors (Lipinski definition) is 2. The predicted octanol–water partition coefficient (Wildman–Crippen LogP) is 1.66. The molecule has 0 spiro atoms. The molecule has 0 radical (unpaired) electrons. The van der Waals surface area contributed by atoms with Crippen molar-refractivity contribution in [3.8, 4) is 5.69 Å². The number of benzene rings is 1. The van der Waals surface area contributed by atoms with E-state index in [0.29, 0.717) is 23.4 Å². The van der Waals surface area contributed by atoms with Gasteiger partial charge < -0.3 is 15.2 Å². The molecule has 1 aromatic carbocycles. The van der Waals surface area contributed by atoms with Crippen molar-refractivity contribution in [1.29, 1.82) is 0 Å². The lowest BCUT2D eigenvalue weighted by Gasteiger charge is -2.12. The van der Waals surface area contributed by atoms with Crippen molar-refractivity contribution in [3.63, 3.8) is 0 Å². The van der Waals surface area contributed by atoms with Gasteiger partial charge in [0.15, 0.2) is 9.84 Å². The summed E-state index contributed by atoms with van der Waals surface area (Å²) in [6.45, 7) is 3.65. The molecule has 3 rings (SSSR count). The molecule has 1 saturated heterocycles. The van der Waals surface area contributed by atoms with E-state index < -0.39 is 9.84 Å². The lowest BCUT2D eigenvalue weighted by molar-refractivity contribution is -0.121. The maximum absolute atomic E-state index is 14.1. The fourth-order valence-corrected chi connectivity index (χ4v) is 5.26. The van der Waals surface area contributed by atoms with Crippen LogP contribution in [0.3, 0.4) is 0 Å². The van der Waals surface area contributed by atoms with Crippen molar-refractivity contribution in [3.05, 3.63) is 53.1 Å². The molecule has 156 valence electrons. The van der Waals surface area contributed by atoms with Gasteiger partial charge in [-0.15, -0.1) is 0 Å². The van der Waals surface area contributed by atoms with Gasteiger partial charge in [0, 0.05) is 30.4 Å². The molecule has 1 aromatic heterocycles. The third-order valence-electron chi connectivity index (χ3n) is 5.00. The number of nitrogens with zero attached hydrogens (tertiary/aromatic N) is 1. The quantitative estimate of drug-likeness (QED) is 0.741. The van der Waals surface area contributed by atoms with Crippen LogP contribution in [-0.4, -0.2) is 48.9 Å². The Morgan fingerprint density at radius 1 is 1.24 bits per heavy atom. The fourth-order valence-electron chi connectivity index (χ4n) is 3.59. The third kappa shape index (κ3) is 4.84. The molecule has 1 aliphatic rings. The molecular formula is C20H24FN3O4S. The molecule has 2 aromatic rings. The number of aromatic nitrogens is 1. The van der Waals surface area contributed by atoms with Crippen LogP contribution in [-0.2, 0) is 14.6 Å². The lowest BCUT2D eigenvalue weighted by atomic mass is 10.2. The molecule has 1 atom stereocenters. The monoisotopic (exact) mass is 421 g/mol. The average Bonchev–Trinajstić information content (AvgIpc) is 3.13. The highest BCUT2D eigenvalue weighted by Gasteiger charge is 2.28. The van der Waals surface area contributed by atoms with Gasteiger partial charge in [-0.05, 0) is 38.5 Å². The first kappa shape index (κ1) is 21.0. The van der Waals surface area contributed by atoms with Crippen LogP contribution < -0.4 is 10.6 Å². The average molecular weight is 421 g/mol. The fraction of sp³-hybridized carbons (Fsp3) is 0.400. The zero-order valence-electron chi connectivity index (χ0n) is 16.4. The largest absolute Gasteiger partial charge is 0.352 e. The Morgan fingerprint density at radius 3 is 2.62 bits per heavy atom. The number of sulfone groups is 1. The van der Waals surface area contributed by atoms with Gasteiger partial charge in [0.2, 0.25) is 5.91 Å². The second-order valence-corrected chi connectivity index (χ2v) is 9.47. The van der Waals surface area contributed by atoms with E-state index in [2.05, 4.69) is 10.6 Å². The van der Waals surface area contributed by atoms with Crippen LogP contribution in [0.5, 0.6) is 0 Å². The zero-order valence-corrected chi connectivity index (χ0v) is 17.2. The highest BCUT2D eigenvalue weighted by Crippen LogP contribution is 2.22. The second kappa shape index (κ2) is 8.36. The number of carbonyl (C=O) groups is 2. The van der Waals surface area contributed by atoms with Crippen molar-refractivity contribution in [2.45, 2.75) is 32.7 Å². The van der Waals surface area contributed by atoms with Crippen LogP contribution in [0.15, 0.2) is 30.3 Å². The molecule has 2 N–H and O–H groups in total. The number of carbonyl (C=O) groups excluding carboxylic acids is 2.